The molecule has 0 unspecified atom stereocenters. The summed E-state index contributed by atoms with van der Waals surface area (Å²) in [6.45, 7) is 7.74. The first-order valence-corrected chi connectivity index (χ1v) is 12.0. The van der Waals surface area contributed by atoms with Gasteiger partial charge in [-0.15, -0.1) is 0 Å². The molecule has 36 heavy (non-hydrogen) atoms. The maximum absolute atomic E-state index is 13.3. The molecule has 1 aliphatic heterocycles. The summed E-state index contributed by atoms with van der Waals surface area (Å²) in [7, 11) is 0.759. The lowest BCUT2D eigenvalue weighted by Gasteiger charge is -2.32. The first-order valence-electron chi connectivity index (χ1n) is 12.0. The van der Waals surface area contributed by atoms with Crippen molar-refractivity contribution in [3.8, 4) is 0 Å². The van der Waals surface area contributed by atoms with E-state index in [9.17, 15) is 14.0 Å². The molecule has 3 rings (SSSR count). The maximum atomic E-state index is 13.3. The van der Waals surface area contributed by atoms with Gasteiger partial charge in [0.05, 0.1) is 29.9 Å². The van der Waals surface area contributed by atoms with Gasteiger partial charge in [0.25, 0.3) is 5.91 Å². The van der Waals surface area contributed by atoms with Crippen molar-refractivity contribution in [3.63, 3.8) is 0 Å². The number of hydrogen-bond donors (Lipinski definition) is 2. The lowest BCUT2D eigenvalue weighted by molar-refractivity contribution is -0.124. The number of carbonyl (C=O) groups excluding carboxylic acids is 2. The third kappa shape index (κ3) is 7.08. The smallest absolute Gasteiger partial charge is 0.402 e. The van der Waals surface area contributed by atoms with Crippen LogP contribution in [0.1, 0.15) is 56.6 Å². The molecule has 0 bridgehead atoms. The minimum absolute atomic E-state index is 0.0382. The van der Waals surface area contributed by atoms with Crippen molar-refractivity contribution in [1.29, 1.82) is 0 Å². The molecule has 1 aromatic carbocycles. The highest BCUT2D eigenvalue weighted by molar-refractivity contribution is 6.48. The summed E-state index contributed by atoms with van der Waals surface area (Å²) in [6.07, 6.45) is 6.10. The number of nitrogens with zero attached hydrogens (tertiary/aromatic N) is 2. The predicted molar refractivity (Wildman–Crippen MR) is 133 cm³/mol. The van der Waals surface area contributed by atoms with Crippen LogP contribution in [0.5, 0.6) is 0 Å². The van der Waals surface area contributed by atoms with Crippen LogP contribution in [0, 0.1) is 5.82 Å². The Morgan fingerprint density at radius 2 is 1.75 bits per heavy atom. The Morgan fingerprint density at radius 1 is 1.08 bits per heavy atom. The molecule has 0 saturated carbocycles. The summed E-state index contributed by atoms with van der Waals surface area (Å²) in [6, 6.07) is 5.38. The van der Waals surface area contributed by atoms with Crippen LogP contribution in [0.2, 0.25) is 0 Å². The fourth-order valence-corrected chi connectivity index (χ4v) is 3.79. The van der Waals surface area contributed by atoms with Gasteiger partial charge in [0.2, 0.25) is 5.91 Å². The van der Waals surface area contributed by atoms with Crippen molar-refractivity contribution in [2.45, 2.75) is 70.1 Å². The molecular formula is C25H34BFN4O5. The van der Waals surface area contributed by atoms with Crippen molar-refractivity contribution in [1.82, 2.24) is 20.6 Å². The summed E-state index contributed by atoms with van der Waals surface area (Å²) >= 11 is 0. The molecule has 11 heteroatoms. The minimum atomic E-state index is -0.966. The molecule has 0 aliphatic carbocycles. The van der Waals surface area contributed by atoms with Crippen LogP contribution in [-0.4, -0.2) is 65.8 Å². The molecule has 2 atom stereocenters. The second-order valence-corrected chi connectivity index (χ2v) is 9.83. The third-order valence-electron chi connectivity index (χ3n) is 6.57. The largest absolute Gasteiger partial charge is 0.481 e. The van der Waals surface area contributed by atoms with Gasteiger partial charge in [0.1, 0.15) is 17.6 Å². The van der Waals surface area contributed by atoms with Gasteiger partial charge >= 0.3 is 7.12 Å². The van der Waals surface area contributed by atoms with E-state index in [4.69, 9.17) is 14.0 Å². The molecule has 2 aromatic rings. The van der Waals surface area contributed by atoms with Crippen LogP contribution in [-0.2, 0) is 25.3 Å². The van der Waals surface area contributed by atoms with Crippen molar-refractivity contribution in [2.75, 3.05) is 13.7 Å². The van der Waals surface area contributed by atoms with E-state index >= 15 is 0 Å². The molecule has 2 N–H and O–H groups in total. The highest BCUT2D eigenvalue weighted by atomic mass is 19.1. The van der Waals surface area contributed by atoms with Crippen LogP contribution in [0.4, 0.5) is 4.39 Å². The van der Waals surface area contributed by atoms with E-state index in [-0.39, 0.29) is 18.1 Å². The van der Waals surface area contributed by atoms with E-state index in [0.29, 0.717) is 19.3 Å². The Bertz CT molecular complexity index is 1010. The summed E-state index contributed by atoms with van der Waals surface area (Å²) in [5, 5.41) is 5.65. The van der Waals surface area contributed by atoms with E-state index in [0.717, 1.165) is 5.56 Å². The van der Waals surface area contributed by atoms with Gasteiger partial charge in [-0.2, -0.15) is 0 Å². The molecule has 1 aromatic heterocycles. The number of rotatable bonds is 11. The van der Waals surface area contributed by atoms with Gasteiger partial charge < -0.3 is 24.7 Å². The fourth-order valence-electron chi connectivity index (χ4n) is 3.79. The van der Waals surface area contributed by atoms with Crippen LogP contribution in [0.25, 0.3) is 0 Å². The number of halogens is 1. The molecule has 1 aliphatic rings. The van der Waals surface area contributed by atoms with Crippen LogP contribution in [0.15, 0.2) is 42.9 Å². The zero-order chi connectivity index (χ0) is 26.3. The Morgan fingerprint density at radius 3 is 2.33 bits per heavy atom. The number of methoxy groups -OCH3 is 1. The standard InChI is InChI=1S/C25H34BFN4O5/c1-24(2)25(3,4)36-26(35-24)21(8-6-7-17-9-11-18(27)12-10-17)31-23(33)20(16-34-5)30-22(32)19-15-28-13-14-29-19/h9-15,20-21H,6-8,16H2,1-5H3,(H,30,32)(H,31,33)/t20-,21+/m1/s1. The van der Waals surface area contributed by atoms with Gasteiger partial charge in [-0.1, -0.05) is 12.1 Å². The second kappa shape index (κ2) is 11.9. The number of hydrogen-bond acceptors (Lipinski definition) is 7. The number of amides is 2. The highest BCUT2D eigenvalue weighted by Gasteiger charge is 2.54. The SMILES string of the molecule is COC[C@@H](NC(=O)c1cnccn1)C(=O)N[C@@H](CCCc1ccc(F)cc1)B1OC(C)(C)C(C)(C)O1. The Kier molecular flexibility index (Phi) is 9.16. The lowest BCUT2D eigenvalue weighted by Crippen LogP contribution is -2.56. The van der Waals surface area contributed by atoms with E-state index in [1.807, 2.05) is 27.7 Å². The zero-order valence-electron chi connectivity index (χ0n) is 21.4. The van der Waals surface area contributed by atoms with Gasteiger partial charge in [-0.25, -0.2) is 9.37 Å². The molecular weight excluding hydrogens is 466 g/mol. The monoisotopic (exact) mass is 500 g/mol. The van der Waals surface area contributed by atoms with E-state index in [1.165, 1.54) is 37.8 Å². The first kappa shape index (κ1) is 27.7. The molecule has 0 radical (unpaired) electrons. The normalized spacial score (nSPS) is 17.9. The van der Waals surface area contributed by atoms with Gasteiger partial charge in [0.15, 0.2) is 0 Å². The highest BCUT2D eigenvalue weighted by Crippen LogP contribution is 2.38. The van der Waals surface area contributed by atoms with E-state index in [2.05, 4.69) is 20.6 Å². The average molecular weight is 500 g/mol. The average Bonchev–Trinajstić information content (AvgIpc) is 3.06. The number of aromatic nitrogens is 2. The van der Waals surface area contributed by atoms with Crippen LogP contribution in [0.3, 0.4) is 0 Å². The van der Waals surface area contributed by atoms with Crippen LogP contribution < -0.4 is 10.6 Å². The first-order chi connectivity index (χ1) is 17.0. The number of aryl methyl sites for hydroxylation is 1. The van der Waals surface area contributed by atoms with E-state index < -0.39 is 42.1 Å². The quantitative estimate of drug-likeness (QED) is 0.456. The predicted octanol–water partition coefficient (Wildman–Crippen LogP) is 2.50. The minimum Gasteiger partial charge on any atom is -0.402 e. The molecule has 194 valence electrons. The van der Waals surface area contributed by atoms with Crippen molar-refractivity contribution < 1.29 is 28.0 Å². The number of carbonyl (C=O) groups is 2. The summed E-state index contributed by atoms with van der Waals surface area (Å²) in [5.74, 6) is -1.75. The summed E-state index contributed by atoms with van der Waals surface area (Å²) in [5.41, 5.74) is -0.0786. The molecule has 9 nitrogen and oxygen atoms in total. The Labute approximate surface area is 211 Å². The van der Waals surface area contributed by atoms with Gasteiger partial charge in [-0.05, 0) is 64.7 Å². The third-order valence-corrected chi connectivity index (χ3v) is 6.57. The summed E-state index contributed by atoms with van der Waals surface area (Å²) < 4.78 is 30.8. The number of ether oxygens (including phenoxy) is 1. The second-order valence-electron chi connectivity index (χ2n) is 9.83. The molecule has 1 fully saturated rings. The van der Waals surface area contributed by atoms with Gasteiger partial charge in [-0.3, -0.25) is 14.6 Å². The molecule has 2 heterocycles. The van der Waals surface area contributed by atoms with E-state index in [1.54, 1.807) is 12.1 Å². The zero-order valence-corrected chi connectivity index (χ0v) is 21.4. The van der Waals surface area contributed by atoms with Crippen LogP contribution >= 0.6 is 0 Å². The van der Waals surface area contributed by atoms with Crippen molar-refractivity contribution in [3.05, 3.63) is 59.9 Å². The molecule has 0 spiro atoms. The Hall–Kier alpha value is -2.89. The number of benzene rings is 1. The Balaban J connectivity index is 1.71. The molecule has 1 saturated heterocycles. The topological polar surface area (TPSA) is 112 Å². The molecule has 2 amide bonds. The van der Waals surface area contributed by atoms with Crippen molar-refractivity contribution in [2.24, 2.45) is 0 Å². The van der Waals surface area contributed by atoms with Crippen molar-refractivity contribution >= 4 is 18.9 Å². The summed E-state index contributed by atoms with van der Waals surface area (Å²) in [4.78, 5) is 33.7. The number of nitrogens with one attached hydrogen (secondary N) is 2. The van der Waals surface area contributed by atoms with Gasteiger partial charge in [0, 0.05) is 19.5 Å². The lowest BCUT2D eigenvalue weighted by atomic mass is 9.75. The fraction of sp³-hybridized carbons (Fsp3) is 0.520. The maximum Gasteiger partial charge on any atom is 0.481 e.